The van der Waals surface area contributed by atoms with Crippen molar-refractivity contribution in [2.24, 2.45) is 17.8 Å². The molecule has 0 spiro atoms. The molecule has 0 bridgehead atoms. The van der Waals surface area contributed by atoms with Crippen molar-refractivity contribution in [3.63, 3.8) is 0 Å². The van der Waals surface area contributed by atoms with E-state index in [2.05, 4.69) is 34.6 Å². The zero-order chi connectivity index (χ0) is 21.4. The molecule has 1 aromatic rings. The van der Waals surface area contributed by atoms with Gasteiger partial charge in [-0.3, -0.25) is 0 Å². The molecule has 0 aromatic heterocycles. The third kappa shape index (κ3) is 8.22. The molecule has 2 nitrogen and oxygen atoms in total. The maximum absolute atomic E-state index is 9.82. The van der Waals surface area contributed by atoms with Crippen molar-refractivity contribution in [3.8, 4) is 11.5 Å². The normalized spacial score (nSPS) is 20.9. The monoisotopic (exact) mass is 402 g/mol. The van der Waals surface area contributed by atoms with Gasteiger partial charge in [-0.25, -0.2) is 0 Å². The van der Waals surface area contributed by atoms with Crippen LogP contribution in [-0.4, -0.2) is 10.7 Å². The molecule has 1 unspecified atom stereocenters. The van der Waals surface area contributed by atoms with Crippen LogP contribution in [0.15, 0.2) is 12.1 Å². The van der Waals surface area contributed by atoms with Crippen molar-refractivity contribution < 1.29 is 9.84 Å². The summed E-state index contributed by atoms with van der Waals surface area (Å²) >= 11 is 0. The molecule has 1 N–H and O–H groups in total. The lowest BCUT2D eigenvalue weighted by Crippen LogP contribution is -2.36. The van der Waals surface area contributed by atoms with Crippen LogP contribution in [0, 0.1) is 24.7 Å². The van der Waals surface area contributed by atoms with Crippen LogP contribution in [0.25, 0.3) is 0 Å². The van der Waals surface area contributed by atoms with Crippen LogP contribution in [0.2, 0.25) is 0 Å². The summed E-state index contributed by atoms with van der Waals surface area (Å²) < 4.78 is 6.44. The van der Waals surface area contributed by atoms with Crippen molar-refractivity contribution >= 4 is 0 Å². The van der Waals surface area contributed by atoms with Gasteiger partial charge in [-0.1, -0.05) is 72.6 Å². The Bertz CT molecular complexity index is 621. The number of aryl methyl sites for hydroxylation is 2. The molecule has 0 saturated carbocycles. The number of fused-ring (bicyclic) bond motifs is 1. The van der Waals surface area contributed by atoms with Gasteiger partial charge in [-0.2, -0.15) is 0 Å². The molecule has 3 atom stereocenters. The lowest BCUT2D eigenvalue weighted by Gasteiger charge is -2.37. The van der Waals surface area contributed by atoms with Gasteiger partial charge in [0.25, 0.3) is 0 Å². The zero-order valence-electron chi connectivity index (χ0n) is 20.0. The number of phenols is 1. The Morgan fingerprint density at radius 3 is 2.14 bits per heavy atom. The third-order valence-corrected chi connectivity index (χ3v) is 6.88. The second-order valence-electron chi connectivity index (χ2n) is 10.7. The molecule has 29 heavy (non-hydrogen) atoms. The summed E-state index contributed by atoms with van der Waals surface area (Å²) in [5.41, 5.74) is 2.16. The van der Waals surface area contributed by atoms with E-state index in [0.29, 0.717) is 5.75 Å². The van der Waals surface area contributed by atoms with Crippen LogP contribution < -0.4 is 4.74 Å². The van der Waals surface area contributed by atoms with Gasteiger partial charge >= 0.3 is 0 Å². The quantitative estimate of drug-likeness (QED) is 0.381. The van der Waals surface area contributed by atoms with Crippen LogP contribution in [0.4, 0.5) is 0 Å². The molecule has 2 rings (SSSR count). The van der Waals surface area contributed by atoms with Crippen molar-refractivity contribution in [2.45, 2.75) is 118 Å². The first-order valence-corrected chi connectivity index (χ1v) is 12.2. The van der Waals surface area contributed by atoms with Crippen molar-refractivity contribution in [1.82, 2.24) is 0 Å². The van der Waals surface area contributed by atoms with E-state index in [4.69, 9.17) is 4.74 Å². The topological polar surface area (TPSA) is 29.5 Å². The molecule has 0 aliphatic carbocycles. The van der Waals surface area contributed by atoms with Crippen LogP contribution in [-0.2, 0) is 6.42 Å². The van der Waals surface area contributed by atoms with Gasteiger partial charge < -0.3 is 9.84 Å². The van der Waals surface area contributed by atoms with Gasteiger partial charge in [0, 0.05) is 0 Å². The van der Waals surface area contributed by atoms with E-state index in [1.807, 2.05) is 19.1 Å². The van der Waals surface area contributed by atoms with Crippen LogP contribution >= 0.6 is 0 Å². The predicted octanol–water partition coefficient (Wildman–Crippen LogP) is 8.22. The number of phenolic OH excluding ortho intramolecular Hbond substituents is 1. The highest BCUT2D eigenvalue weighted by atomic mass is 16.5. The molecule has 1 aliphatic rings. The Morgan fingerprint density at radius 2 is 1.52 bits per heavy atom. The summed E-state index contributed by atoms with van der Waals surface area (Å²) in [4.78, 5) is 0. The number of hydrogen-bond acceptors (Lipinski definition) is 2. The second-order valence-corrected chi connectivity index (χ2v) is 10.7. The Balaban J connectivity index is 1.65. The molecule has 0 radical (unpaired) electrons. The van der Waals surface area contributed by atoms with Crippen LogP contribution in [0.5, 0.6) is 11.5 Å². The summed E-state index contributed by atoms with van der Waals surface area (Å²) in [7, 11) is 0. The highest BCUT2D eigenvalue weighted by Gasteiger charge is 2.32. The number of aromatic hydroxyl groups is 1. The van der Waals surface area contributed by atoms with E-state index in [-0.39, 0.29) is 5.60 Å². The first-order valence-electron chi connectivity index (χ1n) is 12.2. The fraction of sp³-hybridized carbons (Fsp3) is 0.778. The number of rotatable bonds is 12. The Morgan fingerprint density at radius 1 is 0.931 bits per heavy atom. The molecule has 166 valence electrons. The summed E-state index contributed by atoms with van der Waals surface area (Å²) in [6, 6.07) is 3.68. The molecular weight excluding hydrogens is 356 g/mol. The number of hydrogen-bond donors (Lipinski definition) is 1. The summed E-state index contributed by atoms with van der Waals surface area (Å²) in [5, 5.41) is 9.82. The smallest absolute Gasteiger partial charge is 0.126 e. The minimum atomic E-state index is -0.0562. The fourth-order valence-electron chi connectivity index (χ4n) is 4.83. The maximum Gasteiger partial charge on any atom is 0.126 e. The highest BCUT2D eigenvalue weighted by Crippen LogP contribution is 2.40. The van der Waals surface area contributed by atoms with Crippen LogP contribution in [0.3, 0.4) is 0 Å². The first kappa shape index (κ1) is 24.1. The first-order chi connectivity index (χ1) is 13.7. The van der Waals surface area contributed by atoms with Gasteiger partial charge in [0.05, 0.1) is 0 Å². The Hall–Kier alpha value is -1.18. The van der Waals surface area contributed by atoms with E-state index < -0.39 is 0 Å². The molecule has 1 aromatic carbocycles. The summed E-state index contributed by atoms with van der Waals surface area (Å²) in [5.74, 6) is 3.92. The fourth-order valence-corrected chi connectivity index (χ4v) is 4.83. The Labute approximate surface area is 180 Å². The SMILES string of the molecule is Cc1cc(O)cc2c1O[C@](C)(CCCC(C)CCC[C@H](C)CCCC(C)C)CC2. The molecule has 1 heterocycles. The molecule has 0 amide bonds. The largest absolute Gasteiger partial charge is 0.508 e. The summed E-state index contributed by atoms with van der Waals surface area (Å²) in [6.07, 6.45) is 14.1. The number of benzene rings is 1. The van der Waals surface area contributed by atoms with E-state index in [9.17, 15) is 5.11 Å². The van der Waals surface area contributed by atoms with Gasteiger partial charge in [-0.05, 0) is 80.5 Å². The van der Waals surface area contributed by atoms with E-state index in [1.54, 1.807) is 0 Å². The minimum Gasteiger partial charge on any atom is -0.508 e. The van der Waals surface area contributed by atoms with Crippen molar-refractivity contribution in [3.05, 3.63) is 23.3 Å². The molecule has 0 fully saturated rings. The van der Waals surface area contributed by atoms with Gasteiger partial charge in [-0.15, -0.1) is 0 Å². The highest BCUT2D eigenvalue weighted by molar-refractivity contribution is 5.47. The lowest BCUT2D eigenvalue weighted by molar-refractivity contribution is 0.0515. The van der Waals surface area contributed by atoms with Gasteiger partial charge in [0.1, 0.15) is 17.1 Å². The molecular formula is C27H46O2. The van der Waals surface area contributed by atoms with E-state index in [1.165, 1.54) is 51.4 Å². The zero-order valence-corrected chi connectivity index (χ0v) is 20.0. The summed E-state index contributed by atoms with van der Waals surface area (Å²) in [6.45, 7) is 13.8. The third-order valence-electron chi connectivity index (χ3n) is 6.88. The molecule has 2 heteroatoms. The van der Waals surface area contributed by atoms with E-state index >= 15 is 0 Å². The lowest BCUT2D eigenvalue weighted by atomic mass is 9.85. The van der Waals surface area contributed by atoms with Gasteiger partial charge in [0.15, 0.2) is 0 Å². The Kier molecular flexibility index (Phi) is 9.37. The van der Waals surface area contributed by atoms with Gasteiger partial charge in [0.2, 0.25) is 0 Å². The van der Waals surface area contributed by atoms with Crippen molar-refractivity contribution in [2.75, 3.05) is 0 Å². The standard InChI is InChI=1S/C27H46O2/c1-20(2)10-7-11-21(3)12-8-13-22(4)14-9-16-27(6)17-15-24-19-25(28)18-23(5)26(24)29-27/h18-22,28H,7-17H2,1-6H3/t21-,22?,27-/m1/s1. The van der Waals surface area contributed by atoms with Crippen molar-refractivity contribution in [1.29, 1.82) is 0 Å². The second kappa shape index (κ2) is 11.3. The average Bonchev–Trinajstić information content (AvgIpc) is 2.62. The maximum atomic E-state index is 9.82. The minimum absolute atomic E-state index is 0.0562. The average molecular weight is 403 g/mol. The van der Waals surface area contributed by atoms with E-state index in [0.717, 1.165) is 53.9 Å². The molecule has 1 aliphatic heterocycles. The molecule has 0 saturated heterocycles. The van der Waals surface area contributed by atoms with Crippen LogP contribution in [0.1, 0.15) is 110 Å². The number of ether oxygens (including phenoxy) is 1. The predicted molar refractivity (Wildman–Crippen MR) is 125 cm³/mol.